The summed E-state index contributed by atoms with van der Waals surface area (Å²) in [6, 6.07) is 5.12. The zero-order valence-electron chi connectivity index (χ0n) is 8.80. The summed E-state index contributed by atoms with van der Waals surface area (Å²) in [4.78, 5) is 0. The third-order valence-electron chi connectivity index (χ3n) is 4.07. The summed E-state index contributed by atoms with van der Waals surface area (Å²) in [5, 5.41) is 0.0622. The minimum absolute atomic E-state index is 0.0622. The molecule has 3 atom stereocenters. The first-order valence-corrected chi connectivity index (χ1v) is 7.00. The number of fused-ring (bicyclic) bond motifs is 1. The highest BCUT2D eigenvalue weighted by atomic mass is 79.9. The van der Waals surface area contributed by atoms with E-state index >= 15 is 0 Å². The van der Waals surface area contributed by atoms with Crippen LogP contribution in [0.15, 0.2) is 22.7 Å². The van der Waals surface area contributed by atoms with Gasteiger partial charge in [-0.2, -0.15) is 0 Å². The second-order valence-electron chi connectivity index (χ2n) is 4.91. The zero-order valence-corrected chi connectivity index (χ0v) is 11.1. The summed E-state index contributed by atoms with van der Waals surface area (Å²) < 4.78 is 13.6. The summed E-state index contributed by atoms with van der Waals surface area (Å²) in [5.41, 5.74) is 1.05. The van der Waals surface area contributed by atoms with Crippen LogP contribution in [-0.2, 0) is 0 Å². The molecule has 2 saturated carbocycles. The maximum absolute atomic E-state index is 13.1. The fourth-order valence-corrected chi connectivity index (χ4v) is 4.12. The zero-order chi connectivity index (χ0) is 11.3. The van der Waals surface area contributed by atoms with E-state index in [-0.39, 0.29) is 11.2 Å². The quantitative estimate of drug-likeness (QED) is 0.681. The van der Waals surface area contributed by atoms with Crippen molar-refractivity contribution in [3.8, 4) is 0 Å². The lowest BCUT2D eigenvalue weighted by atomic mass is 10.0. The van der Waals surface area contributed by atoms with Crippen molar-refractivity contribution in [3.05, 3.63) is 34.1 Å². The number of hydrogen-bond donors (Lipinski definition) is 0. The average Bonchev–Trinajstić information content (AvgIpc) is 2.74. The molecule has 0 N–H and O–H groups in total. The van der Waals surface area contributed by atoms with Crippen LogP contribution in [-0.4, -0.2) is 0 Å². The molecule has 0 nitrogen and oxygen atoms in total. The van der Waals surface area contributed by atoms with Crippen molar-refractivity contribution in [2.45, 2.75) is 24.6 Å². The van der Waals surface area contributed by atoms with Crippen LogP contribution in [0.25, 0.3) is 0 Å². The molecule has 16 heavy (non-hydrogen) atoms. The van der Waals surface area contributed by atoms with Gasteiger partial charge in [0.2, 0.25) is 0 Å². The van der Waals surface area contributed by atoms with E-state index in [1.165, 1.54) is 25.3 Å². The maximum Gasteiger partial charge on any atom is 0.137 e. The Balaban J connectivity index is 1.79. The molecule has 0 heterocycles. The molecule has 2 aliphatic rings. The summed E-state index contributed by atoms with van der Waals surface area (Å²) in [5.74, 6) is 2.09. The molecule has 1 aromatic carbocycles. The Morgan fingerprint density at radius 3 is 2.62 bits per heavy atom. The molecule has 0 saturated heterocycles. The number of halogens is 3. The predicted molar refractivity (Wildman–Crippen MR) is 67.0 cm³/mol. The number of rotatable bonds is 2. The van der Waals surface area contributed by atoms with Gasteiger partial charge in [-0.05, 0) is 64.2 Å². The maximum atomic E-state index is 13.1. The average molecular weight is 304 g/mol. The summed E-state index contributed by atoms with van der Waals surface area (Å²) >= 11 is 9.70. The Kier molecular flexibility index (Phi) is 2.75. The van der Waals surface area contributed by atoms with Gasteiger partial charge in [0.1, 0.15) is 5.82 Å². The number of hydrogen-bond acceptors (Lipinski definition) is 0. The minimum Gasteiger partial charge on any atom is -0.206 e. The lowest BCUT2D eigenvalue weighted by Crippen LogP contribution is -1.99. The molecule has 86 valence electrons. The Morgan fingerprint density at radius 1 is 1.31 bits per heavy atom. The van der Waals surface area contributed by atoms with Crippen LogP contribution < -0.4 is 0 Å². The minimum atomic E-state index is -0.219. The Morgan fingerprint density at radius 2 is 2.00 bits per heavy atom. The van der Waals surface area contributed by atoms with Gasteiger partial charge in [0.25, 0.3) is 0 Å². The van der Waals surface area contributed by atoms with Gasteiger partial charge in [-0.1, -0.05) is 12.5 Å². The first-order valence-electron chi connectivity index (χ1n) is 5.77. The van der Waals surface area contributed by atoms with Crippen LogP contribution in [0.4, 0.5) is 4.39 Å². The van der Waals surface area contributed by atoms with Gasteiger partial charge in [-0.25, -0.2) is 4.39 Å². The lowest BCUT2D eigenvalue weighted by molar-refractivity contribution is 0.571. The van der Waals surface area contributed by atoms with Gasteiger partial charge in [0, 0.05) is 0 Å². The molecular weight excluding hydrogens is 290 g/mol. The largest absolute Gasteiger partial charge is 0.206 e. The lowest BCUT2D eigenvalue weighted by Gasteiger charge is -2.12. The standard InChI is InChI=1S/C13H13BrClF/c14-10-6-7(4-5-11(10)16)13(15)12-8-2-1-3-9(8)12/h4-6,8-9,12-13H,1-3H2. The molecule has 1 aromatic rings. The van der Waals surface area contributed by atoms with Gasteiger partial charge < -0.3 is 0 Å². The highest BCUT2D eigenvalue weighted by Crippen LogP contribution is 2.63. The molecule has 0 amide bonds. The van der Waals surface area contributed by atoms with Crippen LogP contribution in [0.5, 0.6) is 0 Å². The van der Waals surface area contributed by atoms with Gasteiger partial charge >= 0.3 is 0 Å². The van der Waals surface area contributed by atoms with Gasteiger partial charge in [-0.15, -0.1) is 11.6 Å². The van der Waals surface area contributed by atoms with Crippen molar-refractivity contribution in [2.24, 2.45) is 17.8 Å². The van der Waals surface area contributed by atoms with E-state index < -0.39 is 0 Å². The molecule has 3 unspecified atom stereocenters. The highest BCUT2D eigenvalue weighted by Gasteiger charge is 2.55. The van der Waals surface area contributed by atoms with Crippen LogP contribution >= 0.6 is 27.5 Å². The van der Waals surface area contributed by atoms with E-state index in [2.05, 4.69) is 15.9 Å². The van der Waals surface area contributed by atoms with E-state index in [0.29, 0.717) is 10.4 Å². The second-order valence-corrected chi connectivity index (χ2v) is 6.24. The normalized spacial score (nSPS) is 33.6. The molecule has 0 aliphatic heterocycles. The molecular formula is C13H13BrClF. The van der Waals surface area contributed by atoms with Crippen molar-refractivity contribution < 1.29 is 4.39 Å². The fraction of sp³-hybridized carbons (Fsp3) is 0.538. The molecule has 0 spiro atoms. The SMILES string of the molecule is Fc1ccc(C(Cl)C2C3CCCC32)cc1Br. The molecule has 0 bridgehead atoms. The molecule has 3 heteroatoms. The van der Waals surface area contributed by atoms with Crippen molar-refractivity contribution in [3.63, 3.8) is 0 Å². The molecule has 2 aliphatic carbocycles. The summed E-state index contributed by atoms with van der Waals surface area (Å²) in [6.45, 7) is 0. The smallest absolute Gasteiger partial charge is 0.137 e. The van der Waals surface area contributed by atoms with E-state index in [0.717, 1.165) is 17.4 Å². The summed E-state index contributed by atoms with van der Waals surface area (Å²) in [7, 11) is 0. The van der Waals surface area contributed by atoms with Crippen LogP contribution in [0.3, 0.4) is 0 Å². The monoisotopic (exact) mass is 302 g/mol. The Bertz CT molecular complexity index is 410. The Labute approximate surface area is 108 Å². The fourth-order valence-electron chi connectivity index (χ4n) is 3.22. The van der Waals surface area contributed by atoms with E-state index in [1.807, 2.05) is 12.1 Å². The van der Waals surface area contributed by atoms with Crippen LogP contribution in [0.1, 0.15) is 30.2 Å². The van der Waals surface area contributed by atoms with Crippen molar-refractivity contribution >= 4 is 27.5 Å². The van der Waals surface area contributed by atoms with Crippen LogP contribution in [0.2, 0.25) is 0 Å². The molecule has 0 radical (unpaired) electrons. The van der Waals surface area contributed by atoms with Gasteiger partial charge in [0.05, 0.1) is 9.85 Å². The van der Waals surface area contributed by atoms with Crippen molar-refractivity contribution in [2.75, 3.05) is 0 Å². The predicted octanol–water partition coefficient (Wildman–Crippen LogP) is 4.91. The Hall–Kier alpha value is -0.0800. The summed E-state index contributed by atoms with van der Waals surface area (Å²) in [6.07, 6.45) is 4.03. The van der Waals surface area contributed by atoms with Gasteiger partial charge in [0.15, 0.2) is 0 Å². The van der Waals surface area contributed by atoms with E-state index in [9.17, 15) is 4.39 Å². The van der Waals surface area contributed by atoms with Crippen LogP contribution in [0, 0.1) is 23.6 Å². The van der Waals surface area contributed by atoms with E-state index in [1.54, 1.807) is 0 Å². The van der Waals surface area contributed by atoms with Gasteiger partial charge in [-0.3, -0.25) is 0 Å². The topological polar surface area (TPSA) is 0 Å². The number of alkyl halides is 1. The highest BCUT2D eigenvalue weighted by molar-refractivity contribution is 9.10. The first-order chi connectivity index (χ1) is 7.68. The third-order valence-corrected chi connectivity index (χ3v) is 5.22. The van der Waals surface area contributed by atoms with Crippen molar-refractivity contribution in [1.82, 2.24) is 0 Å². The second kappa shape index (κ2) is 3.99. The number of benzene rings is 1. The van der Waals surface area contributed by atoms with E-state index in [4.69, 9.17) is 11.6 Å². The molecule has 3 rings (SSSR count). The van der Waals surface area contributed by atoms with Crippen molar-refractivity contribution in [1.29, 1.82) is 0 Å². The molecule has 2 fully saturated rings. The third kappa shape index (κ3) is 1.70. The first kappa shape index (κ1) is 11.0. The molecule has 0 aromatic heterocycles.